The fourth-order valence-corrected chi connectivity index (χ4v) is 2.89. The first kappa shape index (κ1) is 17.9. The van der Waals surface area contributed by atoms with Gasteiger partial charge in [0.1, 0.15) is 5.69 Å². The molecule has 2 rings (SSSR count). The summed E-state index contributed by atoms with van der Waals surface area (Å²) in [6.07, 6.45) is 4.87. The van der Waals surface area contributed by atoms with Gasteiger partial charge in [0.2, 0.25) is 0 Å². The summed E-state index contributed by atoms with van der Waals surface area (Å²) < 4.78 is 4.53. The second-order valence-electron chi connectivity index (χ2n) is 6.07. The van der Waals surface area contributed by atoms with Crippen molar-refractivity contribution in [3.05, 3.63) is 40.0 Å². The molecule has 1 fully saturated rings. The van der Waals surface area contributed by atoms with Gasteiger partial charge in [-0.2, -0.15) is 0 Å². The molecule has 7 heteroatoms. The van der Waals surface area contributed by atoms with E-state index in [1.807, 2.05) is 14.1 Å². The molecule has 0 aliphatic carbocycles. The van der Waals surface area contributed by atoms with E-state index in [2.05, 4.69) is 14.5 Å². The molecule has 1 atom stereocenters. The molecule has 1 unspecified atom stereocenters. The number of nitrogens with zero attached hydrogens (tertiary/aromatic N) is 3. The van der Waals surface area contributed by atoms with Gasteiger partial charge < -0.3 is 14.5 Å². The summed E-state index contributed by atoms with van der Waals surface area (Å²) in [6.45, 7) is 1.58. The number of anilines is 1. The van der Waals surface area contributed by atoms with Gasteiger partial charge in [-0.3, -0.25) is 10.1 Å². The zero-order valence-electron chi connectivity index (χ0n) is 14.3. The van der Waals surface area contributed by atoms with Crippen molar-refractivity contribution in [2.24, 2.45) is 0 Å². The normalized spacial score (nSPS) is 18.2. The van der Waals surface area contributed by atoms with Crippen molar-refractivity contribution in [2.75, 3.05) is 39.2 Å². The van der Waals surface area contributed by atoms with Crippen molar-refractivity contribution in [1.29, 1.82) is 0 Å². The van der Waals surface area contributed by atoms with Gasteiger partial charge in [0.25, 0.3) is 5.69 Å². The van der Waals surface area contributed by atoms with Crippen LogP contribution in [0.3, 0.4) is 0 Å². The quantitative estimate of drug-likeness (QED) is 0.356. The zero-order chi connectivity index (χ0) is 17.7. The minimum Gasteiger partial charge on any atom is -0.466 e. The summed E-state index contributed by atoms with van der Waals surface area (Å²) in [5, 5.41) is 11.5. The molecule has 24 heavy (non-hydrogen) atoms. The van der Waals surface area contributed by atoms with Gasteiger partial charge in [0.15, 0.2) is 0 Å². The number of hydrogen-bond donors (Lipinski definition) is 0. The topological polar surface area (TPSA) is 75.9 Å². The van der Waals surface area contributed by atoms with Crippen LogP contribution < -0.4 is 4.90 Å². The van der Waals surface area contributed by atoms with E-state index in [1.54, 1.807) is 12.1 Å². The zero-order valence-corrected chi connectivity index (χ0v) is 14.3. The van der Waals surface area contributed by atoms with Gasteiger partial charge in [-0.15, -0.1) is 0 Å². The van der Waals surface area contributed by atoms with Crippen molar-refractivity contribution in [2.45, 2.75) is 18.9 Å². The van der Waals surface area contributed by atoms with E-state index in [9.17, 15) is 14.9 Å². The third kappa shape index (κ3) is 4.32. The number of hydrogen-bond acceptors (Lipinski definition) is 6. The molecule has 130 valence electrons. The summed E-state index contributed by atoms with van der Waals surface area (Å²) >= 11 is 0. The molecule has 1 aliphatic heterocycles. The van der Waals surface area contributed by atoms with Gasteiger partial charge in [0.05, 0.1) is 12.0 Å². The number of methoxy groups -OCH3 is 1. The first-order chi connectivity index (χ1) is 11.4. The maximum Gasteiger partial charge on any atom is 0.330 e. The van der Waals surface area contributed by atoms with Gasteiger partial charge in [-0.25, -0.2) is 4.79 Å². The first-order valence-electron chi connectivity index (χ1n) is 7.88. The molecule has 0 N–H and O–H groups in total. The lowest BCUT2D eigenvalue weighted by Crippen LogP contribution is -2.45. The minimum absolute atomic E-state index is 0.0569. The molecule has 1 heterocycles. The Labute approximate surface area is 141 Å². The highest BCUT2D eigenvalue weighted by molar-refractivity contribution is 5.87. The van der Waals surface area contributed by atoms with Crippen molar-refractivity contribution in [3.8, 4) is 0 Å². The van der Waals surface area contributed by atoms with Gasteiger partial charge in [0, 0.05) is 31.3 Å². The smallest absolute Gasteiger partial charge is 0.330 e. The summed E-state index contributed by atoms with van der Waals surface area (Å²) in [7, 11) is 5.35. The number of nitro benzene ring substituents is 1. The van der Waals surface area contributed by atoms with Crippen LogP contribution in [0, 0.1) is 10.1 Å². The Morgan fingerprint density at radius 1 is 1.46 bits per heavy atom. The van der Waals surface area contributed by atoms with Crippen LogP contribution in [0.1, 0.15) is 18.4 Å². The molecule has 0 bridgehead atoms. The predicted octanol–water partition coefficient (Wildman–Crippen LogP) is 2.31. The van der Waals surface area contributed by atoms with Crippen LogP contribution in [0.5, 0.6) is 0 Å². The van der Waals surface area contributed by atoms with E-state index >= 15 is 0 Å². The second kappa shape index (κ2) is 7.92. The molecule has 1 aliphatic rings. The van der Waals surface area contributed by atoms with Gasteiger partial charge >= 0.3 is 5.97 Å². The lowest BCUT2D eigenvalue weighted by molar-refractivity contribution is -0.384. The van der Waals surface area contributed by atoms with Crippen molar-refractivity contribution >= 4 is 23.4 Å². The Morgan fingerprint density at radius 3 is 2.83 bits per heavy atom. The molecule has 1 aromatic carbocycles. The number of nitro groups is 1. The van der Waals surface area contributed by atoms with E-state index in [1.165, 1.54) is 25.3 Å². The van der Waals surface area contributed by atoms with Crippen LogP contribution in [-0.2, 0) is 9.53 Å². The van der Waals surface area contributed by atoms with Crippen molar-refractivity contribution in [1.82, 2.24) is 4.90 Å². The first-order valence-corrected chi connectivity index (χ1v) is 7.88. The number of piperidine rings is 1. The van der Waals surface area contributed by atoms with Crippen LogP contribution in [0.25, 0.3) is 6.08 Å². The minimum atomic E-state index is -0.494. The number of carbonyl (C=O) groups excluding carboxylic acids is 1. The lowest BCUT2D eigenvalue weighted by atomic mass is 10.0. The molecule has 0 spiro atoms. The van der Waals surface area contributed by atoms with Crippen LogP contribution in [0.2, 0.25) is 0 Å². The highest BCUT2D eigenvalue weighted by atomic mass is 16.6. The third-order valence-corrected chi connectivity index (χ3v) is 4.28. The van der Waals surface area contributed by atoms with Gasteiger partial charge in [-0.05, 0) is 44.6 Å². The Kier molecular flexibility index (Phi) is 5.92. The summed E-state index contributed by atoms with van der Waals surface area (Å²) in [5.41, 5.74) is 1.28. The van der Waals surface area contributed by atoms with E-state index in [0.717, 1.165) is 25.9 Å². The predicted molar refractivity (Wildman–Crippen MR) is 93.1 cm³/mol. The third-order valence-electron chi connectivity index (χ3n) is 4.28. The monoisotopic (exact) mass is 333 g/mol. The molecule has 1 aromatic rings. The van der Waals surface area contributed by atoms with E-state index in [0.29, 0.717) is 17.3 Å². The largest absolute Gasteiger partial charge is 0.466 e. The fourth-order valence-electron chi connectivity index (χ4n) is 2.89. The number of carbonyl (C=O) groups is 1. The highest BCUT2D eigenvalue weighted by Gasteiger charge is 2.26. The second-order valence-corrected chi connectivity index (χ2v) is 6.07. The molecular formula is C17H23N3O4. The summed E-state index contributed by atoms with van der Waals surface area (Å²) in [5.74, 6) is -0.494. The highest BCUT2D eigenvalue weighted by Crippen LogP contribution is 2.32. The maximum absolute atomic E-state index is 11.5. The van der Waals surface area contributed by atoms with E-state index < -0.39 is 5.97 Å². The number of esters is 1. The molecule has 0 aromatic heterocycles. The number of likely N-dealkylation sites (N-methyl/N-ethyl adjacent to an activating group) is 1. The standard InChI is InChI=1S/C17H23N3O4/c1-18(2)14-5-4-10-19(12-14)15-8-6-13(7-9-17(21)24-3)11-16(15)20(22)23/h6-9,11,14H,4-5,10,12H2,1-3H3/b9-7+. The lowest BCUT2D eigenvalue weighted by Gasteiger charge is -2.37. The van der Waals surface area contributed by atoms with E-state index in [4.69, 9.17) is 0 Å². The van der Waals surface area contributed by atoms with E-state index in [-0.39, 0.29) is 10.6 Å². The van der Waals surface area contributed by atoms with Crippen LogP contribution in [0.4, 0.5) is 11.4 Å². The van der Waals surface area contributed by atoms with Crippen LogP contribution >= 0.6 is 0 Å². The maximum atomic E-state index is 11.5. The molecule has 0 radical (unpaired) electrons. The van der Waals surface area contributed by atoms with Crippen LogP contribution in [0.15, 0.2) is 24.3 Å². The molecule has 0 saturated carbocycles. The Hall–Kier alpha value is -2.41. The van der Waals surface area contributed by atoms with Gasteiger partial charge in [-0.1, -0.05) is 6.07 Å². The van der Waals surface area contributed by atoms with Crippen LogP contribution in [-0.4, -0.2) is 56.1 Å². The molecular weight excluding hydrogens is 310 g/mol. The molecule has 7 nitrogen and oxygen atoms in total. The molecule has 1 saturated heterocycles. The summed E-state index contributed by atoms with van der Waals surface area (Å²) in [4.78, 5) is 26.5. The fraction of sp³-hybridized carbons (Fsp3) is 0.471. The van der Waals surface area contributed by atoms with Crippen molar-refractivity contribution in [3.63, 3.8) is 0 Å². The molecule has 0 amide bonds. The SMILES string of the molecule is COC(=O)/C=C/c1ccc(N2CCCC(N(C)C)C2)c([N+](=O)[O-])c1. The Morgan fingerprint density at radius 2 is 2.21 bits per heavy atom. The number of ether oxygens (including phenoxy) is 1. The average Bonchev–Trinajstić information content (AvgIpc) is 2.59. The number of rotatable bonds is 5. The summed E-state index contributed by atoms with van der Waals surface area (Å²) in [6, 6.07) is 5.42. The van der Waals surface area contributed by atoms with Crippen molar-refractivity contribution < 1.29 is 14.5 Å². The number of benzene rings is 1. The Balaban J connectivity index is 2.28. The Bertz CT molecular complexity index is 643. The average molecular weight is 333 g/mol.